The average molecular weight is 791 g/mol. The van der Waals surface area contributed by atoms with Crippen molar-refractivity contribution in [2.24, 2.45) is 10.8 Å². The fourth-order valence-electron chi connectivity index (χ4n) is 11.4. The second kappa shape index (κ2) is 14.2. The molecule has 0 heterocycles. The van der Waals surface area contributed by atoms with Crippen molar-refractivity contribution in [2.45, 2.75) is 60.8 Å². The van der Waals surface area contributed by atoms with Crippen molar-refractivity contribution in [1.29, 1.82) is 0 Å². The van der Waals surface area contributed by atoms with Gasteiger partial charge < -0.3 is 9.80 Å². The van der Waals surface area contributed by atoms with E-state index in [1.165, 1.54) is 77.1 Å². The minimum Gasteiger partial charge on any atom is -0.310 e. The second-order valence-corrected chi connectivity index (χ2v) is 19.1. The highest BCUT2D eigenvalue weighted by atomic mass is 15.1. The van der Waals surface area contributed by atoms with Gasteiger partial charge in [0.2, 0.25) is 0 Å². The molecule has 0 N–H and O–H groups in total. The van der Waals surface area contributed by atoms with E-state index in [0.717, 1.165) is 22.7 Å². The van der Waals surface area contributed by atoms with E-state index in [2.05, 4.69) is 247 Å². The van der Waals surface area contributed by atoms with Gasteiger partial charge >= 0.3 is 0 Å². The summed E-state index contributed by atoms with van der Waals surface area (Å²) in [7, 11) is 0. The van der Waals surface area contributed by atoms with Crippen molar-refractivity contribution >= 4 is 66.4 Å². The highest BCUT2D eigenvalue weighted by molar-refractivity contribution is 6.20. The molecule has 2 heteroatoms. The summed E-state index contributed by atoms with van der Waals surface area (Å²) in [5.74, 6) is 0. The third-order valence-electron chi connectivity index (χ3n) is 13.5. The lowest BCUT2D eigenvalue weighted by Crippen LogP contribution is -2.50. The van der Waals surface area contributed by atoms with Crippen molar-refractivity contribution in [3.05, 3.63) is 204 Å². The van der Waals surface area contributed by atoms with E-state index in [0.29, 0.717) is 0 Å². The lowest BCUT2D eigenvalue weighted by atomic mass is 9.49. The molecule has 9 aromatic rings. The predicted octanol–water partition coefficient (Wildman–Crippen LogP) is 17.1. The summed E-state index contributed by atoms with van der Waals surface area (Å²) in [5, 5.41) is 7.79. The maximum atomic E-state index is 2.48. The summed E-state index contributed by atoms with van der Waals surface area (Å²) in [4.78, 5) is 4.83. The molecule has 0 amide bonds. The summed E-state index contributed by atoms with van der Waals surface area (Å²) in [6.45, 7) is 19.3. The molecular formula is C59H54N2. The van der Waals surface area contributed by atoms with E-state index >= 15 is 0 Å². The number of aryl methyl sites for hydroxylation is 2. The van der Waals surface area contributed by atoms with Gasteiger partial charge in [-0.15, -0.1) is 0 Å². The van der Waals surface area contributed by atoms with E-state index in [1.54, 1.807) is 0 Å². The normalized spacial score (nSPS) is 13.4. The number of benzene rings is 9. The molecule has 0 aromatic heterocycles. The third-order valence-corrected chi connectivity index (χ3v) is 13.5. The Morgan fingerprint density at radius 3 is 1.38 bits per heavy atom. The summed E-state index contributed by atoms with van der Waals surface area (Å²) < 4.78 is 0. The van der Waals surface area contributed by atoms with Crippen molar-refractivity contribution in [1.82, 2.24) is 0 Å². The van der Waals surface area contributed by atoms with E-state index < -0.39 is 0 Å². The molecule has 0 radical (unpaired) electrons. The number of hydrogen-bond donors (Lipinski definition) is 0. The molecule has 0 bridgehead atoms. The molecule has 0 saturated carbocycles. The Hall–Kier alpha value is -6.64. The minimum absolute atomic E-state index is 0.166. The summed E-state index contributed by atoms with van der Waals surface area (Å²) in [5.41, 5.74) is 14.4. The van der Waals surface area contributed by atoms with Crippen LogP contribution in [0.2, 0.25) is 0 Å². The number of fused-ring (bicyclic) bond motifs is 10. The number of hydrogen-bond acceptors (Lipinski definition) is 2. The lowest BCUT2D eigenvalue weighted by Gasteiger charge is -2.54. The van der Waals surface area contributed by atoms with Crippen LogP contribution in [0.3, 0.4) is 0 Å². The Balaban J connectivity index is 1.27. The topological polar surface area (TPSA) is 6.48 Å². The SMILES string of the molecule is Cc1ccccc1N(c1ccccc1)c1ccc2c3c(ccc2c1)-c1c(c2ccc(N(c4ccccc4)c4ccccc4C)cc2c2ccccc12)C3(C(C)(C)C)C(C)(C)C. The van der Waals surface area contributed by atoms with Gasteiger partial charge in [-0.2, -0.15) is 0 Å². The minimum atomic E-state index is -0.361. The molecule has 61 heavy (non-hydrogen) atoms. The van der Waals surface area contributed by atoms with Gasteiger partial charge in [0.25, 0.3) is 0 Å². The standard InChI is InChI=1S/C59H54N2/c1-39-21-15-19-29-52(39)60(42-23-11-9-12-24-42)44-32-35-46-41(37-44)31-34-50-54-48-28-18-17-27-47(48)51-38-45(61(43-25-13-10-14-26-43)53-30-20-16-22-40(53)2)33-36-49(51)56(54)59(55(46)50,57(3,4)5)58(6,7)8/h9-38H,1-8H3. The Labute approximate surface area is 361 Å². The van der Waals surface area contributed by atoms with Crippen LogP contribution in [0, 0.1) is 24.7 Å². The van der Waals surface area contributed by atoms with Crippen LogP contribution in [0.1, 0.15) is 63.8 Å². The van der Waals surface area contributed by atoms with Crippen LogP contribution in [0.5, 0.6) is 0 Å². The van der Waals surface area contributed by atoms with Gasteiger partial charge in [-0.05, 0) is 151 Å². The third kappa shape index (κ3) is 5.83. The molecule has 300 valence electrons. The molecule has 0 atom stereocenters. The van der Waals surface area contributed by atoms with Crippen LogP contribution >= 0.6 is 0 Å². The number of nitrogens with zero attached hydrogens (tertiary/aromatic N) is 2. The van der Waals surface area contributed by atoms with Crippen LogP contribution in [-0.2, 0) is 5.41 Å². The molecule has 10 rings (SSSR count). The molecule has 0 spiro atoms. The average Bonchev–Trinajstić information content (AvgIpc) is 3.60. The molecular weight excluding hydrogens is 737 g/mol. The maximum Gasteiger partial charge on any atom is 0.0490 e. The molecule has 1 aliphatic rings. The maximum absolute atomic E-state index is 2.48. The molecule has 0 fully saturated rings. The first kappa shape index (κ1) is 38.6. The largest absolute Gasteiger partial charge is 0.310 e. The summed E-state index contributed by atoms with van der Waals surface area (Å²) in [6, 6.07) is 67.5. The quantitative estimate of drug-likeness (QED) is 0.155. The highest BCUT2D eigenvalue weighted by Gasteiger charge is 2.59. The van der Waals surface area contributed by atoms with E-state index in [4.69, 9.17) is 0 Å². The first-order valence-corrected chi connectivity index (χ1v) is 21.8. The summed E-state index contributed by atoms with van der Waals surface area (Å²) in [6.07, 6.45) is 0. The molecule has 0 aliphatic heterocycles. The number of rotatable bonds is 6. The molecule has 2 nitrogen and oxygen atoms in total. The van der Waals surface area contributed by atoms with E-state index in [1.807, 2.05) is 0 Å². The zero-order chi connectivity index (χ0) is 42.3. The van der Waals surface area contributed by atoms with Gasteiger partial charge in [-0.25, -0.2) is 0 Å². The van der Waals surface area contributed by atoms with E-state index in [9.17, 15) is 0 Å². The number of anilines is 6. The number of para-hydroxylation sites is 4. The van der Waals surface area contributed by atoms with Crippen LogP contribution in [-0.4, -0.2) is 0 Å². The first-order chi connectivity index (χ1) is 29.4. The molecule has 9 aromatic carbocycles. The van der Waals surface area contributed by atoms with Gasteiger partial charge in [0.05, 0.1) is 0 Å². The smallest absolute Gasteiger partial charge is 0.0490 e. The fraction of sp³-hybridized carbons (Fsp3) is 0.186. The van der Waals surface area contributed by atoms with Crippen molar-refractivity contribution in [3.8, 4) is 11.1 Å². The van der Waals surface area contributed by atoms with Crippen molar-refractivity contribution < 1.29 is 0 Å². The monoisotopic (exact) mass is 790 g/mol. The van der Waals surface area contributed by atoms with Crippen molar-refractivity contribution in [3.63, 3.8) is 0 Å². The molecule has 0 unspecified atom stereocenters. The van der Waals surface area contributed by atoms with Crippen LogP contribution in [0.4, 0.5) is 34.1 Å². The van der Waals surface area contributed by atoms with Gasteiger partial charge in [-0.3, -0.25) is 0 Å². The fourth-order valence-corrected chi connectivity index (χ4v) is 11.4. The lowest BCUT2D eigenvalue weighted by molar-refractivity contribution is 0.0977. The van der Waals surface area contributed by atoms with Crippen LogP contribution < -0.4 is 9.80 Å². The molecule has 0 saturated heterocycles. The predicted molar refractivity (Wildman–Crippen MR) is 263 cm³/mol. The van der Waals surface area contributed by atoms with Crippen molar-refractivity contribution in [2.75, 3.05) is 9.80 Å². The van der Waals surface area contributed by atoms with Gasteiger partial charge in [0.1, 0.15) is 0 Å². The Morgan fingerprint density at radius 1 is 0.361 bits per heavy atom. The second-order valence-electron chi connectivity index (χ2n) is 19.1. The van der Waals surface area contributed by atoms with E-state index in [-0.39, 0.29) is 16.2 Å². The van der Waals surface area contributed by atoms with Gasteiger partial charge in [-0.1, -0.05) is 163 Å². The van der Waals surface area contributed by atoms with Gasteiger partial charge in [0.15, 0.2) is 0 Å². The zero-order valence-corrected chi connectivity index (χ0v) is 36.7. The Kier molecular flexibility index (Phi) is 9.00. The molecule has 1 aliphatic carbocycles. The summed E-state index contributed by atoms with van der Waals surface area (Å²) >= 11 is 0. The van der Waals surface area contributed by atoms with Gasteiger partial charge in [0, 0.05) is 39.5 Å². The first-order valence-electron chi connectivity index (χ1n) is 21.8. The zero-order valence-electron chi connectivity index (χ0n) is 36.7. The van der Waals surface area contributed by atoms with Crippen LogP contribution in [0.15, 0.2) is 182 Å². The Bertz CT molecular complexity index is 3110. The van der Waals surface area contributed by atoms with Crippen LogP contribution in [0.25, 0.3) is 43.4 Å². The Morgan fingerprint density at radius 2 is 0.836 bits per heavy atom. The highest BCUT2D eigenvalue weighted by Crippen LogP contribution is 2.68.